The zero-order valence-electron chi connectivity index (χ0n) is 18.4. The van der Waals surface area contributed by atoms with Gasteiger partial charge in [0.25, 0.3) is 0 Å². The smallest absolute Gasteiger partial charge is 0.425 e. The maximum absolute atomic E-state index is 13.1. The minimum Gasteiger partial charge on any atom is -0.497 e. The molecule has 14 heteroatoms. The first-order valence-electron chi connectivity index (χ1n) is 9.45. The lowest BCUT2D eigenvalue weighted by atomic mass is 10.2. The van der Waals surface area contributed by atoms with Crippen LogP contribution in [0.25, 0.3) is 10.9 Å². The van der Waals surface area contributed by atoms with Crippen LogP contribution in [0.2, 0.25) is 0 Å². The molecule has 0 saturated heterocycles. The molecule has 3 rings (SSSR count). The molecule has 2 aromatic carbocycles. The number of aromatic nitrogens is 2. The summed E-state index contributed by atoms with van der Waals surface area (Å²) in [6.45, 7) is 0.845. The average molecular weight is 523 g/mol. The highest BCUT2D eigenvalue weighted by atomic mass is 35.5. The van der Waals surface area contributed by atoms with E-state index in [4.69, 9.17) is 14.2 Å². The van der Waals surface area contributed by atoms with E-state index in [1.807, 2.05) is 0 Å². The van der Waals surface area contributed by atoms with Crippen molar-refractivity contribution in [2.75, 3.05) is 26.6 Å². The number of rotatable bonds is 8. The Hall–Kier alpha value is -3.03. The number of hydrogen-bond donors (Lipinski definition) is 2. The van der Waals surface area contributed by atoms with Crippen molar-refractivity contribution in [1.29, 1.82) is 0 Å². The molecule has 0 bridgehead atoms. The van der Waals surface area contributed by atoms with E-state index < -0.39 is 22.3 Å². The molecular formula is C20H22ClF3N4O5S. The Labute approximate surface area is 200 Å². The van der Waals surface area contributed by atoms with E-state index in [2.05, 4.69) is 20.0 Å². The Morgan fingerprint density at radius 1 is 1.03 bits per heavy atom. The van der Waals surface area contributed by atoms with Gasteiger partial charge in [0.05, 0.1) is 35.7 Å². The first-order chi connectivity index (χ1) is 15.5. The van der Waals surface area contributed by atoms with Crippen LogP contribution in [0.4, 0.5) is 24.7 Å². The van der Waals surface area contributed by atoms with Crippen molar-refractivity contribution in [2.45, 2.75) is 24.1 Å². The molecule has 2 N–H and O–H groups in total. The molecule has 0 fully saturated rings. The van der Waals surface area contributed by atoms with Gasteiger partial charge in [0, 0.05) is 12.1 Å². The van der Waals surface area contributed by atoms with Crippen LogP contribution in [0.3, 0.4) is 0 Å². The highest BCUT2D eigenvalue weighted by Gasteiger charge is 2.38. The fourth-order valence-corrected chi connectivity index (χ4v) is 3.64. The van der Waals surface area contributed by atoms with Gasteiger partial charge in [-0.2, -0.15) is 13.2 Å². The van der Waals surface area contributed by atoms with Crippen LogP contribution in [-0.2, 0) is 10.0 Å². The number of benzene rings is 2. The molecule has 0 saturated carbocycles. The first kappa shape index (κ1) is 27.2. The molecule has 9 nitrogen and oxygen atoms in total. The normalized spacial score (nSPS) is 12.6. The highest BCUT2D eigenvalue weighted by Crippen LogP contribution is 2.38. The second-order valence-corrected chi connectivity index (χ2v) is 8.62. The number of fused-ring (bicyclic) bond motifs is 1. The molecule has 1 atom stereocenters. The quantitative estimate of drug-likeness (QED) is 0.456. The minimum absolute atomic E-state index is 0. The molecule has 1 heterocycles. The van der Waals surface area contributed by atoms with E-state index >= 15 is 0 Å². The Balaban J connectivity index is 0.00000408. The SMILES string of the molecule is CNS(=O)(=O)c1ccc(OC(C)C(F)(F)F)c(Nc2ncnc3cc(OC)cc(OC)c23)c1.Cl. The van der Waals surface area contributed by atoms with E-state index in [1.54, 1.807) is 12.1 Å². The molecule has 0 amide bonds. The highest BCUT2D eigenvalue weighted by molar-refractivity contribution is 7.89. The van der Waals surface area contributed by atoms with Crippen molar-refractivity contribution in [3.63, 3.8) is 0 Å². The van der Waals surface area contributed by atoms with Gasteiger partial charge >= 0.3 is 6.18 Å². The largest absolute Gasteiger partial charge is 0.497 e. The van der Waals surface area contributed by atoms with Crippen LogP contribution in [0.1, 0.15) is 6.92 Å². The van der Waals surface area contributed by atoms with Crippen molar-refractivity contribution >= 4 is 44.8 Å². The molecular weight excluding hydrogens is 501 g/mol. The van der Waals surface area contributed by atoms with Crippen LogP contribution in [-0.4, -0.2) is 51.9 Å². The summed E-state index contributed by atoms with van der Waals surface area (Å²) in [4.78, 5) is 8.15. The van der Waals surface area contributed by atoms with E-state index in [-0.39, 0.29) is 34.6 Å². The fraction of sp³-hybridized carbons (Fsp3) is 0.300. The van der Waals surface area contributed by atoms with Gasteiger partial charge in [0.1, 0.15) is 29.4 Å². The van der Waals surface area contributed by atoms with Gasteiger partial charge in [-0.1, -0.05) is 0 Å². The predicted octanol–water partition coefficient (Wildman–Crippen LogP) is 4.05. The Kier molecular flexibility index (Phi) is 8.40. The summed E-state index contributed by atoms with van der Waals surface area (Å²) in [5, 5.41) is 3.27. The lowest BCUT2D eigenvalue weighted by molar-refractivity contribution is -0.189. The van der Waals surface area contributed by atoms with E-state index in [9.17, 15) is 21.6 Å². The summed E-state index contributed by atoms with van der Waals surface area (Å²) < 4.78 is 81.7. The van der Waals surface area contributed by atoms with E-state index in [0.29, 0.717) is 22.4 Å². The number of hydrogen-bond acceptors (Lipinski definition) is 8. The molecule has 0 radical (unpaired) electrons. The van der Waals surface area contributed by atoms with Gasteiger partial charge in [-0.15, -0.1) is 12.4 Å². The van der Waals surface area contributed by atoms with Gasteiger partial charge in [0.15, 0.2) is 6.10 Å². The summed E-state index contributed by atoms with van der Waals surface area (Å²) in [5.74, 6) is 0.726. The number of nitrogens with one attached hydrogen (secondary N) is 2. The second kappa shape index (κ2) is 10.5. The third kappa shape index (κ3) is 5.72. The van der Waals surface area contributed by atoms with Crippen molar-refractivity contribution in [3.8, 4) is 17.2 Å². The van der Waals surface area contributed by atoms with Crippen LogP contribution in [0.15, 0.2) is 41.6 Å². The number of ether oxygens (including phenoxy) is 3. The average Bonchev–Trinajstić information content (AvgIpc) is 2.78. The van der Waals surface area contributed by atoms with E-state index in [1.165, 1.54) is 27.6 Å². The molecule has 34 heavy (non-hydrogen) atoms. The second-order valence-electron chi connectivity index (χ2n) is 6.74. The molecule has 1 aromatic heterocycles. The van der Waals surface area contributed by atoms with Crippen molar-refractivity contribution in [3.05, 3.63) is 36.7 Å². The van der Waals surface area contributed by atoms with Crippen LogP contribution in [0.5, 0.6) is 17.2 Å². The number of alkyl halides is 3. The Morgan fingerprint density at radius 3 is 2.32 bits per heavy atom. The van der Waals surface area contributed by atoms with Gasteiger partial charge in [0.2, 0.25) is 10.0 Å². The molecule has 0 aliphatic heterocycles. The number of nitrogens with zero attached hydrogens (tertiary/aromatic N) is 2. The lowest BCUT2D eigenvalue weighted by Gasteiger charge is -2.21. The number of sulfonamides is 1. The zero-order valence-corrected chi connectivity index (χ0v) is 20.1. The predicted molar refractivity (Wildman–Crippen MR) is 122 cm³/mol. The first-order valence-corrected chi connectivity index (χ1v) is 10.9. The lowest BCUT2D eigenvalue weighted by Crippen LogP contribution is -2.31. The summed E-state index contributed by atoms with van der Waals surface area (Å²) in [5.41, 5.74) is 0.370. The molecule has 0 aliphatic carbocycles. The third-order valence-corrected chi connectivity index (χ3v) is 6.09. The van der Waals surface area contributed by atoms with Gasteiger partial charge in [-0.05, 0) is 32.2 Å². The number of halogens is 4. The van der Waals surface area contributed by atoms with Crippen molar-refractivity contribution < 1.29 is 35.8 Å². The standard InChI is InChI=1S/C20H21F3N4O5S.ClH/c1-11(20(21,22)23)32-16-6-5-13(33(28,29)24-2)9-14(16)27-19-18-15(25-10-26-19)7-12(30-3)8-17(18)31-4;/h5-11,24H,1-4H3,(H,25,26,27);1H. The third-order valence-electron chi connectivity index (χ3n) is 4.68. The van der Waals surface area contributed by atoms with Crippen LogP contribution < -0.4 is 24.2 Å². The molecule has 3 aromatic rings. The molecule has 0 spiro atoms. The zero-order chi connectivity index (χ0) is 24.4. The Morgan fingerprint density at radius 2 is 1.74 bits per heavy atom. The van der Waals surface area contributed by atoms with Gasteiger partial charge in [-0.3, -0.25) is 0 Å². The summed E-state index contributed by atoms with van der Waals surface area (Å²) in [6.07, 6.45) is -5.55. The van der Waals surface area contributed by atoms with Gasteiger partial charge in [-0.25, -0.2) is 23.1 Å². The van der Waals surface area contributed by atoms with Crippen molar-refractivity contribution in [1.82, 2.24) is 14.7 Å². The maximum atomic E-state index is 13.1. The number of anilines is 2. The van der Waals surface area contributed by atoms with Crippen LogP contribution in [0, 0.1) is 0 Å². The maximum Gasteiger partial charge on any atom is 0.425 e. The topological polar surface area (TPSA) is 112 Å². The number of methoxy groups -OCH3 is 2. The summed E-state index contributed by atoms with van der Waals surface area (Å²) in [6, 6.07) is 6.63. The summed E-state index contributed by atoms with van der Waals surface area (Å²) >= 11 is 0. The molecule has 186 valence electrons. The summed E-state index contributed by atoms with van der Waals surface area (Å²) in [7, 11) is 0.218. The van der Waals surface area contributed by atoms with E-state index in [0.717, 1.165) is 25.1 Å². The van der Waals surface area contributed by atoms with Gasteiger partial charge < -0.3 is 19.5 Å². The van der Waals surface area contributed by atoms with Crippen LogP contribution >= 0.6 is 12.4 Å². The molecule has 1 unspecified atom stereocenters. The van der Waals surface area contributed by atoms with Crippen molar-refractivity contribution in [2.24, 2.45) is 0 Å². The molecule has 0 aliphatic rings. The minimum atomic E-state index is -4.63. The fourth-order valence-electron chi connectivity index (χ4n) is 2.88. The Bertz CT molecular complexity index is 1280. The monoisotopic (exact) mass is 522 g/mol.